The summed E-state index contributed by atoms with van der Waals surface area (Å²) in [6.45, 7) is 1.05. The Morgan fingerprint density at radius 2 is 2.10 bits per heavy atom. The topological polar surface area (TPSA) is 40.7 Å². The Morgan fingerprint density at radius 1 is 1.15 bits per heavy atom. The fourth-order valence-electron chi connectivity index (χ4n) is 2.84. The van der Waals surface area contributed by atoms with E-state index in [1.54, 1.807) is 0 Å². The van der Waals surface area contributed by atoms with Crippen molar-refractivity contribution in [3.8, 4) is 11.4 Å². The van der Waals surface area contributed by atoms with Crippen molar-refractivity contribution in [2.45, 2.75) is 12.8 Å². The minimum atomic E-state index is 0.726. The van der Waals surface area contributed by atoms with E-state index in [0.717, 1.165) is 41.3 Å². The first kappa shape index (κ1) is 11.8. The molecular weight excluding hydrogens is 270 g/mol. The number of nitrogens with one attached hydrogen (secondary N) is 2. The summed E-state index contributed by atoms with van der Waals surface area (Å²) in [5, 5.41) is 4.18. The van der Waals surface area contributed by atoms with Crippen LogP contribution >= 0.6 is 11.6 Å². The zero-order chi connectivity index (χ0) is 13.5. The van der Waals surface area contributed by atoms with Gasteiger partial charge in [-0.1, -0.05) is 23.7 Å². The molecule has 0 fully saturated rings. The van der Waals surface area contributed by atoms with Crippen LogP contribution in [-0.2, 0) is 6.42 Å². The molecule has 20 heavy (non-hydrogen) atoms. The molecule has 0 saturated carbocycles. The highest BCUT2D eigenvalue weighted by Crippen LogP contribution is 2.32. The molecule has 3 nitrogen and oxygen atoms in total. The monoisotopic (exact) mass is 283 g/mol. The average molecular weight is 284 g/mol. The van der Waals surface area contributed by atoms with E-state index in [9.17, 15) is 0 Å². The summed E-state index contributed by atoms with van der Waals surface area (Å²) in [6, 6.07) is 12.1. The quantitative estimate of drug-likeness (QED) is 0.701. The second kappa shape index (κ2) is 4.53. The molecular formula is C16H14ClN3. The molecule has 1 aliphatic heterocycles. The van der Waals surface area contributed by atoms with Crippen molar-refractivity contribution in [1.29, 1.82) is 0 Å². The van der Waals surface area contributed by atoms with E-state index in [0.29, 0.717) is 0 Å². The zero-order valence-electron chi connectivity index (χ0n) is 10.9. The third kappa shape index (κ3) is 1.86. The van der Waals surface area contributed by atoms with Crippen LogP contribution in [-0.4, -0.2) is 16.5 Å². The zero-order valence-corrected chi connectivity index (χ0v) is 11.7. The number of aromatic nitrogens is 2. The summed E-state index contributed by atoms with van der Waals surface area (Å²) < 4.78 is 0. The summed E-state index contributed by atoms with van der Waals surface area (Å²) in [4.78, 5) is 8.07. The fourth-order valence-corrected chi connectivity index (χ4v) is 3.01. The maximum atomic E-state index is 6.03. The molecule has 0 amide bonds. The van der Waals surface area contributed by atoms with Crippen LogP contribution in [0.4, 0.5) is 5.69 Å². The molecule has 2 aromatic carbocycles. The lowest BCUT2D eigenvalue weighted by Crippen LogP contribution is -2.12. The van der Waals surface area contributed by atoms with Gasteiger partial charge in [-0.25, -0.2) is 4.98 Å². The van der Waals surface area contributed by atoms with Crippen LogP contribution < -0.4 is 5.32 Å². The van der Waals surface area contributed by atoms with Crippen LogP contribution in [0.25, 0.3) is 22.4 Å². The maximum absolute atomic E-state index is 6.03. The third-order valence-electron chi connectivity index (χ3n) is 3.79. The van der Waals surface area contributed by atoms with Crippen LogP contribution in [0.5, 0.6) is 0 Å². The number of rotatable bonds is 1. The van der Waals surface area contributed by atoms with Crippen LogP contribution in [0, 0.1) is 0 Å². The number of H-pyrrole nitrogens is 1. The number of nitrogens with zero attached hydrogens (tertiary/aromatic N) is 1. The Morgan fingerprint density at radius 3 is 3.05 bits per heavy atom. The third-order valence-corrected chi connectivity index (χ3v) is 4.03. The molecule has 4 heteroatoms. The number of hydrogen-bond donors (Lipinski definition) is 2. The van der Waals surface area contributed by atoms with E-state index in [4.69, 9.17) is 16.6 Å². The normalized spacial score (nSPS) is 14.1. The summed E-state index contributed by atoms with van der Waals surface area (Å²) in [6.07, 6.45) is 2.26. The van der Waals surface area contributed by atoms with Gasteiger partial charge in [0.2, 0.25) is 0 Å². The summed E-state index contributed by atoms with van der Waals surface area (Å²) in [7, 11) is 0. The molecule has 0 saturated heterocycles. The second-order valence-corrected chi connectivity index (χ2v) is 5.55. The molecule has 0 atom stereocenters. The molecule has 100 valence electrons. The van der Waals surface area contributed by atoms with E-state index >= 15 is 0 Å². The van der Waals surface area contributed by atoms with Crippen LogP contribution in [0.2, 0.25) is 5.02 Å². The van der Waals surface area contributed by atoms with E-state index in [1.165, 1.54) is 16.8 Å². The largest absolute Gasteiger partial charge is 0.385 e. The minimum Gasteiger partial charge on any atom is -0.385 e. The Kier molecular flexibility index (Phi) is 2.67. The molecule has 0 unspecified atom stereocenters. The van der Waals surface area contributed by atoms with Crippen molar-refractivity contribution < 1.29 is 0 Å². The number of anilines is 1. The standard InChI is InChI=1S/C16H14ClN3/c17-10-6-7-14-15(9-10)20-16(19-14)12-3-1-5-13-11(12)4-2-8-18-13/h1,3,5-7,9,18H,2,4,8H2,(H,19,20). The second-order valence-electron chi connectivity index (χ2n) is 5.11. The first-order valence-corrected chi connectivity index (χ1v) is 7.20. The molecule has 0 aliphatic carbocycles. The molecule has 0 spiro atoms. The van der Waals surface area contributed by atoms with Gasteiger partial charge < -0.3 is 10.3 Å². The smallest absolute Gasteiger partial charge is 0.138 e. The number of benzene rings is 2. The number of aromatic amines is 1. The van der Waals surface area contributed by atoms with Gasteiger partial charge in [0.1, 0.15) is 5.82 Å². The van der Waals surface area contributed by atoms with Gasteiger partial charge >= 0.3 is 0 Å². The van der Waals surface area contributed by atoms with E-state index < -0.39 is 0 Å². The lowest BCUT2D eigenvalue weighted by Gasteiger charge is -2.20. The van der Waals surface area contributed by atoms with Crippen LogP contribution in [0.1, 0.15) is 12.0 Å². The SMILES string of the molecule is Clc1ccc2nc(-c3cccc4c3CCCN4)[nH]c2c1. The predicted octanol–water partition coefficient (Wildman–Crippen LogP) is 4.24. The van der Waals surface area contributed by atoms with Crippen LogP contribution in [0.3, 0.4) is 0 Å². The molecule has 0 radical (unpaired) electrons. The van der Waals surface area contributed by atoms with Crippen molar-refractivity contribution in [2.75, 3.05) is 11.9 Å². The van der Waals surface area contributed by atoms with E-state index in [2.05, 4.69) is 28.5 Å². The van der Waals surface area contributed by atoms with Crippen molar-refractivity contribution >= 4 is 28.3 Å². The van der Waals surface area contributed by atoms with Gasteiger partial charge in [0.25, 0.3) is 0 Å². The minimum absolute atomic E-state index is 0.726. The van der Waals surface area contributed by atoms with Crippen molar-refractivity contribution in [1.82, 2.24) is 9.97 Å². The highest BCUT2D eigenvalue weighted by molar-refractivity contribution is 6.31. The highest BCUT2D eigenvalue weighted by atomic mass is 35.5. The average Bonchev–Trinajstić information content (AvgIpc) is 2.89. The Labute approximate surface area is 122 Å². The molecule has 2 heterocycles. The van der Waals surface area contributed by atoms with Crippen molar-refractivity contribution in [2.24, 2.45) is 0 Å². The van der Waals surface area contributed by atoms with Gasteiger partial charge in [-0.15, -0.1) is 0 Å². The fraction of sp³-hybridized carbons (Fsp3) is 0.188. The molecule has 4 rings (SSSR count). The van der Waals surface area contributed by atoms with Gasteiger partial charge in [0.05, 0.1) is 11.0 Å². The molecule has 0 bridgehead atoms. The van der Waals surface area contributed by atoms with Gasteiger partial charge in [-0.05, 0) is 42.7 Å². The van der Waals surface area contributed by atoms with Crippen LogP contribution in [0.15, 0.2) is 36.4 Å². The van der Waals surface area contributed by atoms with Crippen molar-refractivity contribution in [3.05, 3.63) is 47.0 Å². The predicted molar refractivity (Wildman–Crippen MR) is 83.4 cm³/mol. The lowest BCUT2D eigenvalue weighted by atomic mass is 9.97. The Bertz CT molecular complexity index is 792. The van der Waals surface area contributed by atoms with Gasteiger partial charge in [-0.2, -0.15) is 0 Å². The Hall–Kier alpha value is -2.00. The number of imidazole rings is 1. The van der Waals surface area contributed by atoms with E-state index in [-0.39, 0.29) is 0 Å². The summed E-state index contributed by atoms with van der Waals surface area (Å²) in [5.74, 6) is 0.919. The molecule has 1 aliphatic rings. The van der Waals surface area contributed by atoms with E-state index in [1.807, 2.05) is 18.2 Å². The molecule has 3 aromatic rings. The number of hydrogen-bond acceptors (Lipinski definition) is 2. The Balaban J connectivity index is 1.90. The van der Waals surface area contributed by atoms with Crippen molar-refractivity contribution in [3.63, 3.8) is 0 Å². The summed E-state index contributed by atoms with van der Waals surface area (Å²) in [5.41, 5.74) is 5.69. The summed E-state index contributed by atoms with van der Waals surface area (Å²) >= 11 is 6.03. The lowest BCUT2D eigenvalue weighted by molar-refractivity contribution is 0.831. The maximum Gasteiger partial charge on any atom is 0.138 e. The van der Waals surface area contributed by atoms with Gasteiger partial charge in [0, 0.05) is 22.8 Å². The highest BCUT2D eigenvalue weighted by Gasteiger charge is 2.15. The molecule has 2 N–H and O–H groups in total. The molecule has 1 aromatic heterocycles. The first-order chi connectivity index (χ1) is 9.81. The van der Waals surface area contributed by atoms with Gasteiger partial charge in [0.15, 0.2) is 0 Å². The number of halogens is 1. The number of fused-ring (bicyclic) bond motifs is 2. The first-order valence-electron chi connectivity index (χ1n) is 6.83. The van der Waals surface area contributed by atoms with Gasteiger partial charge in [-0.3, -0.25) is 0 Å².